The normalized spacial score (nSPS) is 15.6. The van der Waals surface area contributed by atoms with Crippen molar-refractivity contribution in [2.75, 3.05) is 7.11 Å². The Hall–Kier alpha value is -2.20. The van der Waals surface area contributed by atoms with Crippen molar-refractivity contribution >= 4 is 11.6 Å². The van der Waals surface area contributed by atoms with Gasteiger partial charge in [-0.05, 0) is 18.9 Å². The first-order valence-corrected chi connectivity index (χ1v) is 7.35. The van der Waals surface area contributed by atoms with E-state index in [2.05, 4.69) is 6.58 Å². The van der Waals surface area contributed by atoms with E-state index in [0.717, 1.165) is 0 Å². The SMILES string of the molecule is C=CCC1=C(C(O)CCC)C(=O)c2c(OC)cccc2C1=O. The predicted molar refractivity (Wildman–Crippen MR) is 84.4 cm³/mol. The lowest BCUT2D eigenvalue weighted by Gasteiger charge is -2.25. The summed E-state index contributed by atoms with van der Waals surface area (Å²) in [4.78, 5) is 25.6. The molecule has 4 heteroatoms. The molecule has 1 aromatic rings. The molecule has 0 saturated carbocycles. The van der Waals surface area contributed by atoms with Crippen LogP contribution in [0.3, 0.4) is 0 Å². The van der Waals surface area contributed by atoms with Crippen LogP contribution in [0.5, 0.6) is 5.75 Å². The van der Waals surface area contributed by atoms with Crippen molar-refractivity contribution in [2.24, 2.45) is 0 Å². The summed E-state index contributed by atoms with van der Waals surface area (Å²) in [6.07, 6.45) is 2.03. The molecule has 4 nitrogen and oxygen atoms in total. The van der Waals surface area contributed by atoms with E-state index in [1.807, 2.05) is 6.92 Å². The number of carbonyl (C=O) groups is 2. The second-order valence-electron chi connectivity index (χ2n) is 5.23. The van der Waals surface area contributed by atoms with Crippen molar-refractivity contribution in [2.45, 2.75) is 32.3 Å². The number of aliphatic hydroxyl groups is 1. The van der Waals surface area contributed by atoms with Gasteiger partial charge in [-0.15, -0.1) is 6.58 Å². The fourth-order valence-corrected chi connectivity index (χ4v) is 2.80. The second kappa shape index (κ2) is 6.71. The van der Waals surface area contributed by atoms with E-state index in [1.54, 1.807) is 24.3 Å². The van der Waals surface area contributed by atoms with Gasteiger partial charge in [0, 0.05) is 16.7 Å². The summed E-state index contributed by atoms with van der Waals surface area (Å²) in [5, 5.41) is 10.3. The zero-order chi connectivity index (χ0) is 16.3. The van der Waals surface area contributed by atoms with Crippen molar-refractivity contribution in [3.8, 4) is 5.75 Å². The Balaban J connectivity index is 2.66. The van der Waals surface area contributed by atoms with Gasteiger partial charge in [-0.1, -0.05) is 31.6 Å². The Morgan fingerprint density at radius 3 is 2.64 bits per heavy atom. The van der Waals surface area contributed by atoms with Crippen LogP contribution < -0.4 is 4.74 Å². The van der Waals surface area contributed by atoms with Gasteiger partial charge in [-0.3, -0.25) is 9.59 Å². The molecule has 116 valence electrons. The molecule has 0 radical (unpaired) electrons. The van der Waals surface area contributed by atoms with E-state index >= 15 is 0 Å². The number of rotatable bonds is 6. The summed E-state index contributed by atoms with van der Waals surface area (Å²) in [6.45, 7) is 5.56. The molecule has 0 spiro atoms. The number of allylic oxidation sites excluding steroid dienone is 2. The Bertz CT molecular complexity index is 655. The molecule has 1 aliphatic rings. The van der Waals surface area contributed by atoms with Gasteiger partial charge < -0.3 is 9.84 Å². The van der Waals surface area contributed by atoms with Crippen LogP contribution in [0.15, 0.2) is 42.0 Å². The zero-order valence-corrected chi connectivity index (χ0v) is 12.9. The van der Waals surface area contributed by atoms with Crippen LogP contribution in [0, 0.1) is 0 Å². The van der Waals surface area contributed by atoms with Crippen LogP contribution >= 0.6 is 0 Å². The van der Waals surface area contributed by atoms with Crippen LogP contribution in [0.4, 0.5) is 0 Å². The lowest BCUT2D eigenvalue weighted by atomic mass is 9.79. The number of fused-ring (bicyclic) bond motifs is 1. The lowest BCUT2D eigenvalue weighted by molar-refractivity contribution is 0.0928. The molecule has 22 heavy (non-hydrogen) atoms. The summed E-state index contributed by atoms with van der Waals surface area (Å²) < 4.78 is 5.22. The molecule has 1 aliphatic carbocycles. The number of ketones is 2. The van der Waals surface area contributed by atoms with E-state index in [1.165, 1.54) is 7.11 Å². The third kappa shape index (κ3) is 2.62. The number of hydrogen-bond donors (Lipinski definition) is 1. The second-order valence-corrected chi connectivity index (χ2v) is 5.23. The van der Waals surface area contributed by atoms with Gasteiger partial charge in [-0.2, -0.15) is 0 Å². The Labute approximate surface area is 130 Å². The quantitative estimate of drug-likeness (QED) is 0.820. The largest absolute Gasteiger partial charge is 0.496 e. The van der Waals surface area contributed by atoms with E-state index in [0.29, 0.717) is 29.7 Å². The smallest absolute Gasteiger partial charge is 0.196 e. The van der Waals surface area contributed by atoms with Crippen molar-refractivity contribution in [3.63, 3.8) is 0 Å². The maximum absolute atomic E-state index is 12.9. The van der Waals surface area contributed by atoms with E-state index in [-0.39, 0.29) is 29.1 Å². The molecule has 0 bridgehead atoms. The van der Waals surface area contributed by atoms with Crippen molar-refractivity contribution in [1.29, 1.82) is 0 Å². The molecule has 1 aromatic carbocycles. The number of hydrogen-bond acceptors (Lipinski definition) is 4. The average Bonchev–Trinajstić information content (AvgIpc) is 2.52. The molecular weight excluding hydrogens is 280 g/mol. The van der Waals surface area contributed by atoms with Gasteiger partial charge in [0.1, 0.15) is 5.75 Å². The number of carbonyl (C=O) groups excluding carboxylic acids is 2. The summed E-state index contributed by atoms with van der Waals surface area (Å²) in [5.74, 6) is -0.210. The number of aliphatic hydroxyl groups excluding tert-OH is 1. The highest BCUT2D eigenvalue weighted by Gasteiger charge is 2.36. The van der Waals surface area contributed by atoms with E-state index in [9.17, 15) is 14.7 Å². The Morgan fingerprint density at radius 2 is 2.05 bits per heavy atom. The maximum Gasteiger partial charge on any atom is 0.196 e. The Kier molecular flexibility index (Phi) is 4.93. The monoisotopic (exact) mass is 300 g/mol. The topological polar surface area (TPSA) is 63.6 Å². The summed E-state index contributed by atoms with van der Waals surface area (Å²) in [6, 6.07) is 4.94. The third-order valence-corrected chi connectivity index (χ3v) is 3.81. The third-order valence-electron chi connectivity index (χ3n) is 3.81. The van der Waals surface area contributed by atoms with Gasteiger partial charge in [-0.25, -0.2) is 0 Å². The number of ether oxygens (including phenoxy) is 1. The summed E-state index contributed by atoms with van der Waals surface area (Å²) in [7, 11) is 1.46. The maximum atomic E-state index is 12.9. The minimum atomic E-state index is -0.950. The van der Waals surface area contributed by atoms with Crippen molar-refractivity contribution in [1.82, 2.24) is 0 Å². The zero-order valence-electron chi connectivity index (χ0n) is 12.9. The van der Waals surface area contributed by atoms with Crippen molar-refractivity contribution < 1.29 is 19.4 Å². The van der Waals surface area contributed by atoms with Gasteiger partial charge >= 0.3 is 0 Å². The molecule has 0 aliphatic heterocycles. The summed E-state index contributed by atoms with van der Waals surface area (Å²) in [5.41, 5.74) is 1.09. The predicted octanol–water partition coefficient (Wildman–Crippen LogP) is 3.11. The average molecular weight is 300 g/mol. The van der Waals surface area contributed by atoms with Crippen LogP contribution in [0.1, 0.15) is 46.9 Å². The molecule has 1 N–H and O–H groups in total. The molecule has 2 rings (SSSR count). The first kappa shape index (κ1) is 16.2. The fourth-order valence-electron chi connectivity index (χ4n) is 2.80. The highest BCUT2D eigenvalue weighted by molar-refractivity contribution is 6.28. The number of methoxy groups -OCH3 is 1. The van der Waals surface area contributed by atoms with E-state index < -0.39 is 6.10 Å². The van der Waals surface area contributed by atoms with E-state index in [4.69, 9.17) is 4.74 Å². The van der Waals surface area contributed by atoms with Crippen LogP contribution in [-0.4, -0.2) is 29.9 Å². The number of Topliss-reactive ketones (excluding diaryl/α,β-unsaturated/α-hetero) is 2. The van der Waals surface area contributed by atoms with Crippen LogP contribution in [0.2, 0.25) is 0 Å². The summed E-state index contributed by atoms with van der Waals surface area (Å²) >= 11 is 0. The lowest BCUT2D eigenvalue weighted by Crippen LogP contribution is -2.29. The van der Waals surface area contributed by atoms with Gasteiger partial charge in [0.2, 0.25) is 0 Å². The molecule has 1 unspecified atom stereocenters. The van der Waals surface area contributed by atoms with Gasteiger partial charge in [0.05, 0.1) is 18.8 Å². The molecule has 0 heterocycles. The first-order chi connectivity index (χ1) is 10.6. The van der Waals surface area contributed by atoms with Gasteiger partial charge in [0.15, 0.2) is 11.6 Å². The molecule has 0 fully saturated rings. The van der Waals surface area contributed by atoms with Crippen molar-refractivity contribution in [3.05, 3.63) is 53.1 Å². The highest BCUT2D eigenvalue weighted by atomic mass is 16.5. The van der Waals surface area contributed by atoms with Crippen LogP contribution in [-0.2, 0) is 0 Å². The minimum absolute atomic E-state index is 0.184. The van der Waals surface area contributed by atoms with Gasteiger partial charge in [0.25, 0.3) is 0 Å². The molecule has 0 amide bonds. The fraction of sp³-hybridized carbons (Fsp3) is 0.333. The van der Waals surface area contributed by atoms with Crippen LogP contribution in [0.25, 0.3) is 0 Å². The Morgan fingerprint density at radius 1 is 1.32 bits per heavy atom. The first-order valence-electron chi connectivity index (χ1n) is 7.35. The molecular formula is C18H20O4. The minimum Gasteiger partial charge on any atom is -0.496 e. The molecule has 1 atom stereocenters. The number of benzene rings is 1. The standard InChI is InChI=1S/C18H20O4/c1-4-7-11-15(13(19)8-5-2)18(21)16-12(17(11)20)9-6-10-14(16)22-3/h4,6,9-10,13,19H,1,5,7-8H2,2-3H3. The highest BCUT2D eigenvalue weighted by Crippen LogP contribution is 2.35. The molecule has 0 saturated heterocycles. The molecule has 0 aromatic heterocycles.